The highest BCUT2D eigenvalue weighted by Gasteiger charge is 2.38. The lowest BCUT2D eigenvalue weighted by molar-refractivity contribution is -0.147. The van der Waals surface area contributed by atoms with E-state index in [1.165, 1.54) is 11.8 Å². The quantitative estimate of drug-likeness (QED) is 0.803. The number of halogens is 3. The number of likely N-dealkylation sites (tertiary alicyclic amines) is 1. The van der Waals surface area contributed by atoms with Crippen LogP contribution < -0.4 is 11.1 Å². The average molecular weight is 323 g/mol. The van der Waals surface area contributed by atoms with Crippen molar-refractivity contribution in [3.8, 4) is 0 Å². The molecule has 0 spiro atoms. The molecule has 1 aliphatic rings. The van der Waals surface area contributed by atoms with Gasteiger partial charge in [-0.1, -0.05) is 13.8 Å². The summed E-state index contributed by atoms with van der Waals surface area (Å²) in [5, 5.41) is 2.45. The van der Waals surface area contributed by atoms with Crippen LogP contribution in [0.1, 0.15) is 40.0 Å². The summed E-state index contributed by atoms with van der Waals surface area (Å²) in [7, 11) is 0. The topological polar surface area (TPSA) is 75.4 Å². The Bertz CT molecular complexity index is 411. The van der Waals surface area contributed by atoms with E-state index < -0.39 is 36.6 Å². The Kier molecular flexibility index (Phi) is 6.22. The van der Waals surface area contributed by atoms with Crippen molar-refractivity contribution in [1.82, 2.24) is 10.2 Å². The van der Waals surface area contributed by atoms with Crippen molar-refractivity contribution >= 4 is 11.8 Å². The molecule has 1 heterocycles. The maximum Gasteiger partial charge on any atom is 0.391 e. The Morgan fingerprint density at radius 3 is 2.36 bits per heavy atom. The first-order valence-corrected chi connectivity index (χ1v) is 7.46. The van der Waals surface area contributed by atoms with E-state index in [2.05, 4.69) is 5.32 Å². The van der Waals surface area contributed by atoms with Crippen molar-refractivity contribution in [2.45, 2.75) is 64.3 Å². The van der Waals surface area contributed by atoms with Gasteiger partial charge in [-0.3, -0.25) is 9.59 Å². The number of carbonyl (C=O) groups is 2. The highest BCUT2D eigenvalue weighted by Crippen LogP contribution is 2.25. The fourth-order valence-corrected chi connectivity index (χ4v) is 2.55. The minimum absolute atomic E-state index is 0.352. The van der Waals surface area contributed by atoms with Crippen molar-refractivity contribution < 1.29 is 22.8 Å². The number of hydrogen-bond donors (Lipinski definition) is 2. The molecular weight excluding hydrogens is 299 g/mol. The van der Waals surface area contributed by atoms with Crippen LogP contribution in [0.4, 0.5) is 13.2 Å². The maximum absolute atomic E-state index is 12.6. The van der Waals surface area contributed by atoms with E-state index in [1.807, 2.05) is 0 Å². The number of nitrogens with two attached hydrogens (primary N) is 1. The Morgan fingerprint density at radius 2 is 1.91 bits per heavy atom. The van der Waals surface area contributed by atoms with Gasteiger partial charge in [0.05, 0.1) is 12.5 Å². The van der Waals surface area contributed by atoms with Gasteiger partial charge >= 0.3 is 6.18 Å². The molecule has 0 aromatic heterocycles. The third kappa shape index (κ3) is 5.15. The van der Waals surface area contributed by atoms with E-state index in [9.17, 15) is 22.8 Å². The average Bonchev–Trinajstić information content (AvgIpc) is 2.84. The Morgan fingerprint density at radius 1 is 1.32 bits per heavy atom. The van der Waals surface area contributed by atoms with E-state index >= 15 is 0 Å². The molecule has 1 fully saturated rings. The lowest BCUT2D eigenvalue weighted by atomic mass is 10.00. The van der Waals surface area contributed by atoms with Crippen LogP contribution in [0.15, 0.2) is 0 Å². The van der Waals surface area contributed by atoms with Crippen LogP contribution in [0, 0.1) is 5.92 Å². The van der Waals surface area contributed by atoms with Crippen LogP contribution in [0.5, 0.6) is 0 Å². The van der Waals surface area contributed by atoms with Gasteiger partial charge < -0.3 is 16.0 Å². The molecule has 2 amide bonds. The van der Waals surface area contributed by atoms with Crippen molar-refractivity contribution in [3.05, 3.63) is 0 Å². The largest absolute Gasteiger partial charge is 0.391 e. The summed E-state index contributed by atoms with van der Waals surface area (Å²) in [6.07, 6.45) is -4.34. The van der Waals surface area contributed by atoms with Crippen LogP contribution >= 0.6 is 0 Å². The third-order valence-electron chi connectivity index (χ3n) is 3.81. The second-order valence-corrected chi connectivity index (χ2v) is 6.16. The fourth-order valence-electron chi connectivity index (χ4n) is 2.55. The zero-order valence-corrected chi connectivity index (χ0v) is 13.1. The molecule has 1 aliphatic heterocycles. The molecule has 0 bridgehead atoms. The zero-order valence-electron chi connectivity index (χ0n) is 13.1. The van der Waals surface area contributed by atoms with E-state index in [1.54, 1.807) is 13.8 Å². The van der Waals surface area contributed by atoms with Crippen molar-refractivity contribution in [2.24, 2.45) is 11.7 Å². The van der Waals surface area contributed by atoms with Gasteiger partial charge in [0.1, 0.15) is 6.04 Å². The number of rotatable bonds is 5. The van der Waals surface area contributed by atoms with E-state index in [0.717, 1.165) is 0 Å². The van der Waals surface area contributed by atoms with E-state index in [0.29, 0.717) is 19.4 Å². The minimum atomic E-state index is -4.35. The van der Waals surface area contributed by atoms with E-state index in [4.69, 9.17) is 5.73 Å². The number of amides is 2. The Hall–Kier alpha value is -1.31. The molecule has 0 aliphatic carbocycles. The molecule has 3 atom stereocenters. The van der Waals surface area contributed by atoms with Gasteiger partial charge in [0.25, 0.3) is 0 Å². The molecule has 22 heavy (non-hydrogen) atoms. The molecule has 1 rings (SSSR count). The lowest BCUT2D eigenvalue weighted by Crippen LogP contribution is -2.53. The molecule has 128 valence electrons. The molecule has 8 heteroatoms. The van der Waals surface area contributed by atoms with Gasteiger partial charge in [-0.05, 0) is 25.7 Å². The molecule has 3 N–H and O–H groups in total. The smallest absolute Gasteiger partial charge is 0.351 e. The molecule has 1 saturated heterocycles. The van der Waals surface area contributed by atoms with Gasteiger partial charge in [-0.25, -0.2) is 0 Å². The first-order valence-electron chi connectivity index (χ1n) is 7.46. The van der Waals surface area contributed by atoms with Gasteiger partial charge in [-0.15, -0.1) is 0 Å². The number of alkyl halides is 3. The molecule has 2 unspecified atom stereocenters. The first-order chi connectivity index (χ1) is 10.0. The van der Waals surface area contributed by atoms with E-state index in [-0.39, 0.29) is 11.8 Å². The monoisotopic (exact) mass is 323 g/mol. The van der Waals surface area contributed by atoms with Gasteiger partial charge in [-0.2, -0.15) is 13.2 Å². The fraction of sp³-hybridized carbons (Fsp3) is 0.857. The van der Waals surface area contributed by atoms with Crippen LogP contribution in [0.2, 0.25) is 0 Å². The van der Waals surface area contributed by atoms with Crippen LogP contribution in [-0.4, -0.2) is 47.6 Å². The van der Waals surface area contributed by atoms with Gasteiger partial charge in [0, 0.05) is 12.6 Å². The maximum atomic E-state index is 12.6. The summed E-state index contributed by atoms with van der Waals surface area (Å²) in [5.74, 6) is -1.24. The molecule has 0 saturated carbocycles. The Labute approximate surface area is 128 Å². The summed E-state index contributed by atoms with van der Waals surface area (Å²) in [6, 6.07) is -2.46. The SMILES string of the molecule is CC(C)C(CC(F)(F)F)NC(=O)C1CCCN1C(=O)[C@H](C)N. The second-order valence-electron chi connectivity index (χ2n) is 6.16. The standard InChI is InChI=1S/C14H24F3N3O2/c1-8(2)10(7-14(15,16)17)19-12(21)11-5-4-6-20(11)13(22)9(3)18/h8-11H,4-7,18H2,1-3H3,(H,19,21)/t9-,10?,11?/m0/s1. The number of hydrogen-bond acceptors (Lipinski definition) is 3. The second kappa shape index (κ2) is 7.30. The molecule has 0 aromatic rings. The predicted octanol–water partition coefficient (Wildman–Crippen LogP) is 1.42. The third-order valence-corrected chi connectivity index (χ3v) is 3.81. The Balaban J connectivity index is 2.74. The first kappa shape index (κ1) is 18.7. The van der Waals surface area contributed by atoms with Crippen molar-refractivity contribution in [1.29, 1.82) is 0 Å². The summed E-state index contributed by atoms with van der Waals surface area (Å²) in [5.41, 5.74) is 5.54. The summed E-state index contributed by atoms with van der Waals surface area (Å²) >= 11 is 0. The van der Waals surface area contributed by atoms with Crippen molar-refractivity contribution in [2.75, 3.05) is 6.54 Å². The molecule has 5 nitrogen and oxygen atoms in total. The highest BCUT2D eigenvalue weighted by atomic mass is 19.4. The van der Waals surface area contributed by atoms with Crippen molar-refractivity contribution in [3.63, 3.8) is 0 Å². The number of carbonyl (C=O) groups excluding carboxylic acids is 2. The number of nitrogens with one attached hydrogen (secondary N) is 1. The minimum Gasteiger partial charge on any atom is -0.351 e. The molecular formula is C14H24F3N3O2. The van der Waals surface area contributed by atoms with Gasteiger partial charge in [0.2, 0.25) is 11.8 Å². The lowest BCUT2D eigenvalue weighted by Gasteiger charge is -2.29. The van der Waals surface area contributed by atoms with Gasteiger partial charge in [0.15, 0.2) is 0 Å². The summed E-state index contributed by atoms with van der Waals surface area (Å²) in [6.45, 7) is 5.17. The number of nitrogens with zero attached hydrogens (tertiary/aromatic N) is 1. The summed E-state index contributed by atoms with van der Waals surface area (Å²) in [4.78, 5) is 25.6. The summed E-state index contributed by atoms with van der Waals surface area (Å²) < 4.78 is 37.7. The molecule has 0 radical (unpaired) electrons. The highest BCUT2D eigenvalue weighted by molar-refractivity contribution is 5.90. The zero-order chi connectivity index (χ0) is 17.1. The van der Waals surface area contributed by atoms with Crippen LogP contribution in [-0.2, 0) is 9.59 Å². The predicted molar refractivity (Wildman–Crippen MR) is 75.8 cm³/mol. The van der Waals surface area contributed by atoms with Crippen LogP contribution in [0.3, 0.4) is 0 Å². The normalized spacial score (nSPS) is 21.8. The van der Waals surface area contributed by atoms with Crippen LogP contribution in [0.25, 0.3) is 0 Å². The molecule has 0 aromatic carbocycles.